The maximum absolute atomic E-state index is 12.0. The van der Waals surface area contributed by atoms with Gasteiger partial charge in [0.05, 0.1) is 0 Å². The molecule has 72 valence electrons. The molecule has 0 aliphatic carbocycles. The predicted octanol–water partition coefficient (Wildman–Crippen LogP) is 2.66. The first-order chi connectivity index (χ1) is 5.21. The van der Waals surface area contributed by atoms with E-state index in [9.17, 15) is 22.0 Å². The molecule has 0 aromatic rings. The summed E-state index contributed by atoms with van der Waals surface area (Å²) in [5, 5.41) is 0. The van der Waals surface area contributed by atoms with E-state index in [1.165, 1.54) is 0 Å². The van der Waals surface area contributed by atoms with E-state index < -0.39 is 25.1 Å². The van der Waals surface area contributed by atoms with Gasteiger partial charge in [-0.2, -0.15) is 13.2 Å². The minimum atomic E-state index is -4.42. The Morgan fingerprint density at radius 2 is 1.67 bits per heavy atom. The van der Waals surface area contributed by atoms with Crippen molar-refractivity contribution in [1.29, 1.82) is 0 Å². The summed E-state index contributed by atoms with van der Waals surface area (Å²) in [6.45, 7) is -0.782. The van der Waals surface area contributed by atoms with E-state index in [1.54, 1.807) is 0 Å². The highest BCUT2D eigenvalue weighted by molar-refractivity contribution is 5.58. The van der Waals surface area contributed by atoms with Gasteiger partial charge in [0.2, 0.25) is 5.92 Å². The smallest absolute Gasteiger partial charge is 0.288 e. The van der Waals surface area contributed by atoms with Gasteiger partial charge in [-0.05, 0) is 6.92 Å². The van der Waals surface area contributed by atoms with Crippen LogP contribution in [0.15, 0.2) is 4.99 Å². The molecule has 0 aromatic carbocycles. The molecule has 0 amide bonds. The number of aliphatic imine (C=N–C) groups is 1. The lowest BCUT2D eigenvalue weighted by atomic mass is 10.3. The summed E-state index contributed by atoms with van der Waals surface area (Å²) in [5.41, 5.74) is 0. The molecule has 12 heavy (non-hydrogen) atoms. The molecule has 0 saturated carbocycles. The van der Waals surface area contributed by atoms with E-state index in [0.29, 0.717) is 13.1 Å². The van der Waals surface area contributed by atoms with Gasteiger partial charge in [0.1, 0.15) is 6.54 Å². The lowest BCUT2D eigenvalue weighted by molar-refractivity contribution is -0.118. The summed E-state index contributed by atoms with van der Waals surface area (Å²) < 4.78 is 58.1. The van der Waals surface area contributed by atoms with Gasteiger partial charge < -0.3 is 0 Å². The van der Waals surface area contributed by atoms with Crippen LogP contribution in [0.25, 0.3) is 0 Å². The number of rotatable bonds is 3. The highest BCUT2D eigenvalue weighted by Gasteiger charge is 2.26. The third kappa shape index (κ3) is 9.32. The molecule has 0 spiro atoms. The second-order valence-electron chi connectivity index (χ2n) is 2.41. The highest BCUT2D eigenvalue weighted by atomic mass is 19.4. The molecule has 0 bridgehead atoms. The Balaban J connectivity index is 3.66. The van der Waals surface area contributed by atoms with Crippen molar-refractivity contribution in [2.75, 3.05) is 6.54 Å². The number of hydrogen-bond acceptors (Lipinski definition) is 1. The molecule has 0 atom stereocenters. The van der Waals surface area contributed by atoms with Gasteiger partial charge in [-0.1, -0.05) is 0 Å². The molecule has 0 fully saturated rings. The van der Waals surface area contributed by atoms with Crippen LogP contribution in [0.5, 0.6) is 0 Å². The standard InChI is InChI=1S/C6H8F5N/c1-5(7,8)2-3-12-4-6(9,10)11/h3H,2,4H2,1H3/b12-3-. The molecule has 0 aliphatic heterocycles. The zero-order chi connectivity index (χ0) is 9.83. The second-order valence-corrected chi connectivity index (χ2v) is 2.41. The number of nitrogens with zero attached hydrogens (tertiary/aromatic N) is 1. The average molecular weight is 189 g/mol. The van der Waals surface area contributed by atoms with Crippen molar-refractivity contribution < 1.29 is 22.0 Å². The van der Waals surface area contributed by atoms with Crippen LogP contribution in [0.3, 0.4) is 0 Å². The summed E-state index contributed by atoms with van der Waals surface area (Å²) in [6, 6.07) is 0. The first-order valence-corrected chi connectivity index (χ1v) is 3.13. The molecular formula is C6H8F5N. The molecule has 0 N–H and O–H groups in total. The molecule has 1 nitrogen and oxygen atoms in total. The van der Waals surface area contributed by atoms with E-state index >= 15 is 0 Å². The first-order valence-electron chi connectivity index (χ1n) is 3.13. The molecule has 0 aliphatic rings. The summed E-state index contributed by atoms with van der Waals surface area (Å²) in [5.74, 6) is -2.99. The molecule has 0 radical (unpaired) electrons. The maximum atomic E-state index is 12.0. The normalized spacial score (nSPS) is 14.2. The minimum Gasteiger partial charge on any atom is -0.288 e. The summed E-state index contributed by atoms with van der Waals surface area (Å²) in [6.07, 6.45) is -4.59. The molecule has 0 rings (SSSR count). The Morgan fingerprint density at radius 3 is 2.00 bits per heavy atom. The number of halogens is 5. The van der Waals surface area contributed by atoms with Crippen LogP contribution in [-0.2, 0) is 0 Å². The quantitative estimate of drug-likeness (QED) is 0.478. The van der Waals surface area contributed by atoms with Crippen LogP contribution in [0.2, 0.25) is 0 Å². The average Bonchev–Trinajstić information content (AvgIpc) is 1.76. The fourth-order valence-corrected chi connectivity index (χ4v) is 0.393. The van der Waals surface area contributed by atoms with Crippen molar-refractivity contribution in [3.8, 4) is 0 Å². The lowest BCUT2D eigenvalue weighted by Crippen LogP contribution is -2.14. The molecule has 0 aromatic heterocycles. The molecule has 0 heterocycles. The van der Waals surface area contributed by atoms with Crippen molar-refractivity contribution in [3.05, 3.63) is 0 Å². The van der Waals surface area contributed by atoms with Crippen molar-refractivity contribution in [2.45, 2.75) is 25.4 Å². The third-order valence-corrected chi connectivity index (χ3v) is 0.849. The Kier molecular flexibility index (Phi) is 3.60. The Hall–Kier alpha value is -0.680. The second kappa shape index (κ2) is 3.82. The van der Waals surface area contributed by atoms with Crippen LogP contribution in [0, 0.1) is 0 Å². The zero-order valence-electron chi connectivity index (χ0n) is 6.33. The SMILES string of the molecule is CC(F)(F)C/C=N\CC(F)(F)F. The van der Waals surface area contributed by atoms with E-state index in [0.717, 1.165) is 0 Å². The molecular weight excluding hydrogens is 181 g/mol. The predicted molar refractivity (Wildman–Crippen MR) is 34.7 cm³/mol. The molecule has 6 heteroatoms. The number of hydrogen-bond donors (Lipinski definition) is 0. The van der Waals surface area contributed by atoms with Gasteiger partial charge in [-0.15, -0.1) is 0 Å². The first kappa shape index (κ1) is 11.3. The monoisotopic (exact) mass is 189 g/mol. The fourth-order valence-electron chi connectivity index (χ4n) is 0.393. The van der Waals surface area contributed by atoms with E-state index in [-0.39, 0.29) is 0 Å². The van der Waals surface area contributed by atoms with Crippen LogP contribution < -0.4 is 0 Å². The molecule has 0 unspecified atom stereocenters. The third-order valence-electron chi connectivity index (χ3n) is 0.849. The highest BCUT2D eigenvalue weighted by Crippen LogP contribution is 2.16. The van der Waals surface area contributed by atoms with Gasteiger partial charge >= 0.3 is 6.18 Å². The van der Waals surface area contributed by atoms with Gasteiger partial charge in [0.15, 0.2) is 0 Å². The van der Waals surface area contributed by atoms with Gasteiger partial charge in [0.25, 0.3) is 0 Å². The van der Waals surface area contributed by atoms with Gasteiger partial charge in [-0.25, -0.2) is 8.78 Å². The van der Waals surface area contributed by atoms with E-state index in [4.69, 9.17) is 0 Å². The topological polar surface area (TPSA) is 12.4 Å². The summed E-state index contributed by atoms with van der Waals surface area (Å²) >= 11 is 0. The van der Waals surface area contributed by atoms with Crippen LogP contribution >= 0.6 is 0 Å². The largest absolute Gasteiger partial charge is 0.407 e. The minimum absolute atomic E-state index is 0.591. The zero-order valence-corrected chi connectivity index (χ0v) is 6.33. The van der Waals surface area contributed by atoms with Crippen molar-refractivity contribution in [3.63, 3.8) is 0 Å². The van der Waals surface area contributed by atoms with Crippen LogP contribution in [0.1, 0.15) is 13.3 Å². The van der Waals surface area contributed by atoms with E-state index in [2.05, 4.69) is 4.99 Å². The Labute approximate surface area is 66.3 Å². The lowest BCUT2D eigenvalue weighted by Gasteiger charge is -2.05. The van der Waals surface area contributed by atoms with Gasteiger partial charge in [0, 0.05) is 12.6 Å². The Morgan fingerprint density at radius 1 is 1.17 bits per heavy atom. The molecule has 0 saturated heterocycles. The van der Waals surface area contributed by atoms with Gasteiger partial charge in [-0.3, -0.25) is 4.99 Å². The van der Waals surface area contributed by atoms with Crippen molar-refractivity contribution in [1.82, 2.24) is 0 Å². The van der Waals surface area contributed by atoms with Crippen LogP contribution in [-0.4, -0.2) is 24.9 Å². The van der Waals surface area contributed by atoms with Crippen molar-refractivity contribution >= 4 is 6.21 Å². The Bertz CT molecular complexity index is 136. The van der Waals surface area contributed by atoms with Crippen LogP contribution in [0.4, 0.5) is 22.0 Å². The maximum Gasteiger partial charge on any atom is 0.407 e. The summed E-state index contributed by atoms with van der Waals surface area (Å²) in [4.78, 5) is 2.80. The fraction of sp³-hybridized carbons (Fsp3) is 0.833. The summed E-state index contributed by atoms with van der Waals surface area (Å²) in [7, 11) is 0. The number of alkyl halides is 5. The van der Waals surface area contributed by atoms with E-state index in [1.807, 2.05) is 0 Å². The van der Waals surface area contributed by atoms with Crippen molar-refractivity contribution in [2.24, 2.45) is 4.99 Å².